The number of H-pyrrole nitrogens is 1. The van der Waals surface area contributed by atoms with Gasteiger partial charge in [0.2, 0.25) is 11.8 Å². The fourth-order valence-electron chi connectivity index (χ4n) is 3.51. The van der Waals surface area contributed by atoms with E-state index in [1.807, 2.05) is 19.1 Å². The zero-order chi connectivity index (χ0) is 22.1. The fraction of sp³-hybridized carbons (Fsp3) is 0.143. The van der Waals surface area contributed by atoms with Gasteiger partial charge in [-0.3, -0.25) is 15.2 Å². The summed E-state index contributed by atoms with van der Waals surface area (Å²) in [6.07, 6.45) is 0. The van der Waals surface area contributed by atoms with Gasteiger partial charge in [-0.05, 0) is 30.7 Å². The fourth-order valence-corrected chi connectivity index (χ4v) is 3.89. The van der Waals surface area contributed by atoms with E-state index in [2.05, 4.69) is 32.2 Å². The number of halogens is 1. The summed E-state index contributed by atoms with van der Waals surface area (Å²) < 4.78 is 12.3. The highest BCUT2D eigenvalue weighted by Crippen LogP contribution is 2.46. The van der Waals surface area contributed by atoms with Crippen molar-refractivity contribution < 1.29 is 14.4 Å². The lowest BCUT2D eigenvalue weighted by atomic mass is 9.83. The first-order valence-electron chi connectivity index (χ1n) is 9.17. The lowest BCUT2D eigenvalue weighted by Crippen LogP contribution is -2.21. The van der Waals surface area contributed by atoms with E-state index >= 15 is 0 Å². The third-order valence-electron chi connectivity index (χ3n) is 4.93. The van der Waals surface area contributed by atoms with Crippen LogP contribution < -0.4 is 15.2 Å². The summed E-state index contributed by atoms with van der Waals surface area (Å²) in [5.41, 5.74) is 9.01. The Balaban J connectivity index is 1.76. The Morgan fingerprint density at radius 1 is 1.39 bits per heavy atom. The summed E-state index contributed by atoms with van der Waals surface area (Å²) in [6.45, 7) is 1.94. The predicted octanol–water partition coefficient (Wildman–Crippen LogP) is 4.19. The number of fused-ring (bicyclic) bond motifs is 1. The minimum absolute atomic E-state index is 0.0114. The highest BCUT2D eigenvalue weighted by molar-refractivity contribution is 9.10. The van der Waals surface area contributed by atoms with Crippen LogP contribution in [-0.2, 0) is 6.61 Å². The largest absolute Gasteiger partial charge is 0.489 e. The number of nitrogens with one attached hydrogen (secondary N) is 1. The number of aromatic nitrogens is 2. The van der Waals surface area contributed by atoms with Gasteiger partial charge in [0.25, 0.3) is 5.69 Å². The molecule has 10 heteroatoms. The first-order chi connectivity index (χ1) is 14.9. The summed E-state index contributed by atoms with van der Waals surface area (Å²) in [7, 11) is 0. The quantitative estimate of drug-likeness (QED) is 0.411. The van der Waals surface area contributed by atoms with Crippen molar-refractivity contribution in [3.63, 3.8) is 0 Å². The number of hydrogen-bond donors (Lipinski definition) is 2. The summed E-state index contributed by atoms with van der Waals surface area (Å²) in [4.78, 5) is 10.6. The summed E-state index contributed by atoms with van der Waals surface area (Å²) in [6, 6.07) is 13.8. The van der Waals surface area contributed by atoms with Crippen molar-refractivity contribution in [3.05, 3.63) is 90.9 Å². The molecule has 0 saturated heterocycles. The molecule has 0 saturated carbocycles. The van der Waals surface area contributed by atoms with Gasteiger partial charge < -0.3 is 15.2 Å². The number of rotatable bonds is 5. The zero-order valence-corrected chi connectivity index (χ0v) is 17.8. The number of nitro groups is 1. The average molecular weight is 482 g/mol. The van der Waals surface area contributed by atoms with Gasteiger partial charge in [0.05, 0.1) is 10.8 Å². The molecule has 1 aromatic heterocycles. The molecular weight excluding hydrogens is 466 g/mol. The van der Waals surface area contributed by atoms with Gasteiger partial charge in [-0.1, -0.05) is 28.1 Å². The van der Waals surface area contributed by atoms with Crippen LogP contribution in [0.15, 0.2) is 58.4 Å². The van der Waals surface area contributed by atoms with Crippen LogP contribution in [0.5, 0.6) is 11.6 Å². The Hall–Kier alpha value is -3.84. The molecule has 1 atom stereocenters. The van der Waals surface area contributed by atoms with Gasteiger partial charge >= 0.3 is 0 Å². The van der Waals surface area contributed by atoms with Crippen molar-refractivity contribution in [2.45, 2.75) is 19.4 Å². The highest BCUT2D eigenvalue weighted by atomic mass is 79.9. The molecule has 1 aliphatic heterocycles. The molecule has 0 amide bonds. The second-order valence-electron chi connectivity index (χ2n) is 6.89. The topological polar surface area (TPSA) is 140 Å². The van der Waals surface area contributed by atoms with E-state index < -0.39 is 10.8 Å². The first kappa shape index (κ1) is 20.4. The first-order valence-corrected chi connectivity index (χ1v) is 9.96. The van der Waals surface area contributed by atoms with E-state index in [1.54, 1.807) is 18.2 Å². The Labute approximate surface area is 185 Å². The van der Waals surface area contributed by atoms with Gasteiger partial charge in [0.1, 0.15) is 24.0 Å². The molecule has 0 radical (unpaired) electrons. The van der Waals surface area contributed by atoms with Crippen molar-refractivity contribution in [1.82, 2.24) is 10.2 Å². The van der Waals surface area contributed by atoms with E-state index in [1.165, 1.54) is 12.1 Å². The maximum absolute atomic E-state index is 11.0. The standard InChI is InChI=1S/C21H16BrN5O4/c1-11-18-19(16(9-23)20(24)31-21(18)26-25-11)15-8-13(22)5-6-17(15)30-10-12-3-2-4-14(7-12)27(28)29/h2-8,19H,10,24H2,1H3,(H,25,26)/t19-/m0/s1. The zero-order valence-electron chi connectivity index (χ0n) is 16.3. The molecule has 1 aliphatic rings. The number of nitrogens with zero attached hydrogens (tertiary/aromatic N) is 3. The Morgan fingerprint density at radius 2 is 2.19 bits per heavy atom. The number of ether oxygens (including phenoxy) is 2. The van der Waals surface area contributed by atoms with Crippen LogP contribution in [-0.4, -0.2) is 15.1 Å². The van der Waals surface area contributed by atoms with Gasteiger partial charge in [0.15, 0.2) is 0 Å². The van der Waals surface area contributed by atoms with Crippen LogP contribution in [0, 0.1) is 28.4 Å². The van der Waals surface area contributed by atoms with Crippen LogP contribution in [0.1, 0.15) is 28.3 Å². The lowest BCUT2D eigenvalue weighted by molar-refractivity contribution is -0.384. The van der Waals surface area contributed by atoms with Crippen LogP contribution in [0.25, 0.3) is 0 Å². The molecule has 156 valence electrons. The van der Waals surface area contributed by atoms with E-state index in [4.69, 9.17) is 15.2 Å². The van der Waals surface area contributed by atoms with Crippen molar-refractivity contribution in [2.24, 2.45) is 5.73 Å². The van der Waals surface area contributed by atoms with Crippen LogP contribution >= 0.6 is 15.9 Å². The highest BCUT2D eigenvalue weighted by Gasteiger charge is 2.36. The molecule has 3 N–H and O–H groups in total. The number of aromatic amines is 1. The SMILES string of the molecule is Cc1[nH]nc2c1[C@@H](c1cc(Br)ccc1OCc1cccc([N+](=O)[O-])c1)C(C#N)=C(N)O2. The number of non-ortho nitro benzene ring substituents is 1. The van der Waals surface area contributed by atoms with E-state index in [0.717, 1.165) is 10.2 Å². The van der Waals surface area contributed by atoms with Gasteiger partial charge in [-0.25, -0.2) is 0 Å². The second-order valence-corrected chi connectivity index (χ2v) is 7.81. The van der Waals surface area contributed by atoms with Crippen molar-refractivity contribution in [1.29, 1.82) is 5.26 Å². The Bertz CT molecular complexity index is 1260. The van der Waals surface area contributed by atoms with Crippen molar-refractivity contribution in [3.8, 4) is 17.7 Å². The number of nitriles is 1. The third kappa shape index (κ3) is 3.83. The Kier molecular flexibility index (Phi) is 5.35. The van der Waals surface area contributed by atoms with Crippen molar-refractivity contribution in [2.75, 3.05) is 0 Å². The molecule has 0 bridgehead atoms. The molecule has 4 rings (SSSR count). The monoisotopic (exact) mass is 481 g/mol. The number of hydrogen-bond acceptors (Lipinski definition) is 7. The number of benzene rings is 2. The average Bonchev–Trinajstić information content (AvgIpc) is 3.12. The molecule has 2 heterocycles. The van der Waals surface area contributed by atoms with Gasteiger partial charge in [0, 0.05) is 33.4 Å². The van der Waals surface area contributed by atoms with Crippen LogP contribution in [0.3, 0.4) is 0 Å². The lowest BCUT2D eigenvalue weighted by Gasteiger charge is -2.25. The third-order valence-corrected chi connectivity index (χ3v) is 5.42. The Morgan fingerprint density at radius 3 is 2.94 bits per heavy atom. The molecule has 2 aromatic carbocycles. The summed E-state index contributed by atoms with van der Waals surface area (Å²) in [5.74, 6) is 0.249. The second kappa shape index (κ2) is 8.12. The molecule has 0 fully saturated rings. The molecule has 9 nitrogen and oxygen atoms in total. The van der Waals surface area contributed by atoms with Gasteiger partial charge in [-0.15, -0.1) is 5.10 Å². The number of nitrogens with two attached hydrogens (primary N) is 1. The van der Waals surface area contributed by atoms with Crippen LogP contribution in [0.4, 0.5) is 5.69 Å². The minimum Gasteiger partial charge on any atom is -0.489 e. The number of nitro benzene ring substituents is 1. The van der Waals surface area contributed by atoms with E-state index in [9.17, 15) is 15.4 Å². The molecule has 0 spiro atoms. The maximum Gasteiger partial charge on any atom is 0.269 e. The smallest absolute Gasteiger partial charge is 0.269 e. The van der Waals surface area contributed by atoms with E-state index in [0.29, 0.717) is 28.3 Å². The molecule has 0 unspecified atom stereocenters. The molecule has 3 aromatic rings. The molecular formula is C21H16BrN5O4. The minimum atomic E-state index is -0.551. The van der Waals surface area contributed by atoms with Crippen molar-refractivity contribution >= 4 is 21.6 Å². The summed E-state index contributed by atoms with van der Waals surface area (Å²) in [5, 5.41) is 27.8. The van der Waals surface area contributed by atoms with Gasteiger partial charge in [-0.2, -0.15) is 5.26 Å². The summed E-state index contributed by atoms with van der Waals surface area (Å²) >= 11 is 3.48. The molecule has 31 heavy (non-hydrogen) atoms. The number of aryl methyl sites for hydroxylation is 1. The van der Waals surface area contributed by atoms with Crippen LogP contribution in [0.2, 0.25) is 0 Å². The predicted molar refractivity (Wildman–Crippen MR) is 114 cm³/mol. The molecule has 0 aliphatic carbocycles. The normalized spacial score (nSPS) is 15.1. The number of allylic oxidation sites excluding steroid dienone is 1. The van der Waals surface area contributed by atoms with E-state index in [-0.39, 0.29) is 23.8 Å². The maximum atomic E-state index is 11.0.